The van der Waals surface area contributed by atoms with Gasteiger partial charge in [-0.05, 0) is 6.42 Å². The summed E-state index contributed by atoms with van der Waals surface area (Å²) in [6.45, 7) is 0. The SMILES string of the molecule is COC(=O)SSCCCC(=O)O. The van der Waals surface area contributed by atoms with Gasteiger partial charge >= 0.3 is 11.3 Å². The predicted molar refractivity (Wildman–Crippen MR) is 49.3 cm³/mol. The van der Waals surface area contributed by atoms with Crippen molar-refractivity contribution >= 4 is 32.9 Å². The summed E-state index contributed by atoms with van der Waals surface area (Å²) in [5.41, 5.74) is 0. The Kier molecular flexibility index (Phi) is 7.08. The van der Waals surface area contributed by atoms with Gasteiger partial charge in [0.1, 0.15) is 0 Å². The average molecular weight is 210 g/mol. The van der Waals surface area contributed by atoms with E-state index in [1.165, 1.54) is 17.9 Å². The van der Waals surface area contributed by atoms with E-state index in [1.54, 1.807) is 0 Å². The van der Waals surface area contributed by atoms with Crippen LogP contribution in [0.15, 0.2) is 0 Å². The summed E-state index contributed by atoms with van der Waals surface area (Å²) in [6, 6.07) is 0. The third kappa shape index (κ3) is 7.74. The third-order valence-electron chi connectivity index (χ3n) is 0.912. The fourth-order valence-electron chi connectivity index (χ4n) is 0.406. The van der Waals surface area contributed by atoms with E-state index in [-0.39, 0.29) is 11.7 Å². The maximum atomic E-state index is 10.5. The molecule has 70 valence electrons. The Morgan fingerprint density at radius 3 is 2.67 bits per heavy atom. The van der Waals surface area contributed by atoms with Crippen LogP contribution in [0.4, 0.5) is 4.79 Å². The van der Waals surface area contributed by atoms with Gasteiger partial charge in [-0.2, -0.15) is 0 Å². The average Bonchev–Trinajstić information content (AvgIpc) is 2.03. The van der Waals surface area contributed by atoms with Gasteiger partial charge in [-0.3, -0.25) is 4.79 Å². The molecule has 0 aliphatic carbocycles. The largest absolute Gasteiger partial charge is 0.481 e. The highest BCUT2D eigenvalue weighted by molar-refractivity contribution is 8.82. The maximum absolute atomic E-state index is 10.5. The van der Waals surface area contributed by atoms with Crippen molar-refractivity contribution in [3.05, 3.63) is 0 Å². The molecule has 0 saturated carbocycles. The van der Waals surface area contributed by atoms with Crippen LogP contribution in [0, 0.1) is 0 Å². The first-order valence-corrected chi connectivity index (χ1v) is 5.58. The lowest BCUT2D eigenvalue weighted by Gasteiger charge is -1.96. The second-order valence-corrected chi connectivity index (χ2v) is 4.21. The van der Waals surface area contributed by atoms with Crippen LogP contribution >= 0.6 is 21.6 Å². The number of ether oxygens (including phenoxy) is 1. The van der Waals surface area contributed by atoms with Gasteiger partial charge in [-0.15, -0.1) is 0 Å². The number of rotatable bonds is 5. The molecular formula is C6H10O4S2. The quantitative estimate of drug-likeness (QED) is 0.425. The summed E-state index contributed by atoms with van der Waals surface area (Å²) in [6.07, 6.45) is 0.721. The molecule has 0 fully saturated rings. The van der Waals surface area contributed by atoms with Crippen molar-refractivity contribution in [1.82, 2.24) is 0 Å². The number of methoxy groups -OCH3 is 1. The van der Waals surface area contributed by atoms with Gasteiger partial charge < -0.3 is 9.84 Å². The standard InChI is InChI=1S/C6H10O4S2/c1-10-6(9)12-11-4-2-3-5(7)8/h2-4H2,1H3,(H,7,8). The zero-order valence-corrected chi connectivity index (χ0v) is 8.24. The van der Waals surface area contributed by atoms with E-state index in [9.17, 15) is 9.59 Å². The normalized spacial score (nSPS) is 9.42. The molecule has 0 aromatic carbocycles. The van der Waals surface area contributed by atoms with E-state index in [4.69, 9.17) is 5.11 Å². The number of carboxylic acid groups (broad SMARTS) is 1. The van der Waals surface area contributed by atoms with E-state index in [1.807, 2.05) is 0 Å². The van der Waals surface area contributed by atoms with Crippen molar-refractivity contribution in [3.8, 4) is 0 Å². The van der Waals surface area contributed by atoms with E-state index in [0.29, 0.717) is 12.2 Å². The fourth-order valence-corrected chi connectivity index (χ4v) is 2.01. The Balaban J connectivity index is 3.11. The molecule has 0 radical (unpaired) electrons. The molecule has 0 bridgehead atoms. The van der Waals surface area contributed by atoms with Gasteiger partial charge in [0.2, 0.25) is 0 Å². The van der Waals surface area contributed by atoms with Crippen LogP contribution < -0.4 is 0 Å². The van der Waals surface area contributed by atoms with Crippen LogP contribution in [0.1, 0.15) is 12.8 Å². The number of hydrogen-bond acceptors (Lipinski definition) is 5. The molecule has 0 heterocycles. The van der Waals surface area contributed by atoms with Crippen LogP contribution in [0.25, 0.3) is 0 Å². The Bertz CT molecular complexity index is 160. The number of aliphatic carboxylic acids is 1. The third-order valence-corrected chi connectivity index (χ3v) is 3.05. The van der Waals surface area contributed by atoms with Gasteiger partial charge in [0, 0.05) is 23.0 Å². The summed E-state index contributed by atoms with van der Waals surface area (Å²) in [7, 11) is 3.61. The first-order chi connectivity index (χ1) is 5.66. The van der Waals surface area contributed by atoms with Crippen LogP contribution in [0.2, 0.25) is 0 Å². The molecule has 0 spiro atoms. The minimum absolute atomic E-state index is 0.148. The lowest BCUT2D eigenvalue weighted by atomic mass is 10.3. The van der Waals surface area contributed by atoms with Crippen molar-refractivity contribution in [2.45, 2.75) is 12.8 Å². The second-order valence-electron chi connectivity index (χ2n) is 1.86. The molecule has 0 unspecified atom stereocenters. The van der Waals surface area contributed by atoms with Gasteiger partial charge in [0.05, 0.1) is 7.11 Å². The summed E-state index contributed by atoms with van der Waals surface area (Å²) in [5, 5.41) is 7.91. The van der Waals surface area contributed by atoms with Crippen molar-refractivity contribution in [3.63, 3.8) is 0 Å². The Labute approximate surface area is 78.4 Å². The topological polar surface area (TPSA) is 63.6 Å². The minimum Gasteiger partial charge on any atom is -0.481 e. The maximum Gasteiger partial charge on any atom is 0.377 e. The monoisotopic (exact) mass is 210 g/mol. The van der Waals surface area contributed by atoms with Crippen molar-refractivity contribution in [1.29, 1.82) is 0 Å². The van der Waals surface area contributed by atoms with Gasteiger partial charge in [-0.25, -0.2) is 4.79 Å². The van der Waals surface area contributed by atoms with Crippen molar-refractivity contribution in [2.24, 2.45) is 0 Å². The smallest absolute Gasteiger partial charge is 0.377 e. The molecule has 1 N–H and O–H groups in total. The molecule has 0 rings (SSSR count). The highest BCUT2D eigenvalue weighted by atomic mass is 33.1. The molecule has 12 heavy (non-hydrogen) atoms. The van der Waals surface area contributed by atoms with E-state index in [0.717, 1.165) is 10.8 Å². The summed E-state index contributed by atoms with van der Waals surface area (Å²) >= 11 is 0. The van der Waals surface area contributed by atoms with Gasteiger partial charge in [-0.1, -0.05) is 10.8 Å². The Hall–Kier alpha value is -0.360. The molecule has 0 aliphatic heterocycles. The molecular weight excluding hydrogens is 200 g/mol. The molecule has 0 saturated heterocycles. The van der Waals surface area contributed by atoms with Crippen molar-refractivity contribution < 1.29 is 19.4 Å². The van der Waals surface area contributed by atoms with Crippen molar-refractivity contribution in [2.75, 3.05) is 12.9 Å². The Morgan fingerprint density at radius 2 is 2.17 bits per heavy atom. The molecule has 0 atom stereocenters. The molecule has 0 amide bonds. The summed E-state index contributed by atoms with van der Waals surface area (Å²) in [5.74, 6) is -0.162. The number of hydrogen-bond donors (Lipinski definition) is 1. The molecule has 0 aliphatic rings. The summed E-state index contributed by atoms with van der Waals surface area (Å²) in [4.78, 5) is 20.6. The lowest BCUT2D eigenvalue weighted by Crippen LogP contribution is -1.94. The van der Waals surface area contributed by atoms with Crippen LogP contribution in [-0.4, -0.2) is 29.2 Å². The van der Waals surface area contributed by atoms with E-state index < -0.39 is 5.97 Å². The predicted octanol–water partition coefficient (Wildman–Crippen LogP) is 2.00. The fraction of sp³-hybridized carbons (Fsp3) is 0.667. The van der Waals surface area contributed by atoms with E-state index >= 15 is 0 Å². The molecule has 6 heteroatoms. The first-order valence-electron chi connectivity index (χ1n) is 3.26. The second kappa shape index (κ2) is 7.30. The van der Waals surface area contributed by atoms with Gasteiger partial charge in [0.15, 0.2) is 0 Å². The zero-order chi connectivity index (χ0) is 9.40. The van der Waals surface area contributed by atoms with Gasteiger partial charge in [0.25, 0.3) is 0 Å². The van der Waals surface area contributed by atoms with Crippen LogP contribution in [0.5, 0.6) is 0 Å². The Morgan fingerprint density at radius 1 is 1.50 bits per heavy atom. The van der Waals surface area contributed by atoms with Crippen LogP contribution in [-0.2, 0) is 9.53 Å². The first kappa shape index (κ1) is 11.6. The molecule has 0 aromatic heterocycles. The molecule has 0 aromatic rings. The lowest BCUT2D eigenvalue weighted by molar-refractivity contribution is -0.137. The van der Waals surface area contributed by atoms with E-state index in [2.05, 4.69) is 4.74 Å². The number of carboxylic acids is 1. The highest BCUT2D eigenvalue weighted by Gasteiger charge is 2.01. The highest BCUT2D eigenvalue weighted by Crippen LogP contribution is 2.23. The minimum atomic E-state index is -0.807. The van der Waals surface area contributed by atoms with Crippen LogP contribution in [0.3, 0.4) is 0 Å². The number of carbonyl (C=O) groups is 2. The number of carbonyl (C=O) groups excluding carboxylic acids is 1. The summed E-state index contributed by atoms with van der Waals surface area (Å²) < 4.78 is 4.36. The molecule has 4 nitrogen and oxygen atoms in total. The zero-order valence-electron chi connectivity index (χ0n) is 6.61.